The monoisotopic (exact) mass is 391 g/mol. The number of aromatic amines is 1. The molecule has 2 aliphatic heterocycles. The number of carbonyl (C=O) groups is 1. The van der Waals surface area contributed by atoms with Gasteiger partial charge in [0.05, 0.1) is 17.8 Å². The normalized spacial score (nSPS) is 17.5. The summed E-state index contributed by atoms with van der Waals surface area (Å²) < 4.78 is 10.7. The Kier molecular flexibility index (Phi) is 4.51. The summed E-state index contributed by atoms with van der Waals surface area (Å²) in [5.41, 5.74) is 2.72. The van der Waals surface area contributed by atoms with Crippen LogP contribution in [0.4, 0.5) is 5.95 Å². The van der Waals surface area contributed by atoms with Crippen molar-refractivity contribution in [3.8, 4) is 22.9 Å². The van der Waals surface area contributed by atoms with Gasteiger partial charge in [-0.05, 0) is 42.3 Å². The van der Waals surface area contributed by atoms with Crippen LogP contribution in [0.15, 0.2) is 48.8 Å². The van der Waals surface area contributed by atoms with Crippen molar-refractivity contribution < 1.29 is 14.3 Å². The lowest BCUT2D eigenvalue weighted by Gasteiger charge is -2.17. The molecule has 1 unspecified atom stereocenters. The Morgan fingerprint density at radius 3 is 3.07 bits per heavy atom. The second-order valence-corrected chi connectivity index (χ2v) is 7.19. The molecule has 8 heteroatoms. The lowest BCUT2D eigenvalue weighted by atomic mass is 10.1. The van der Waals surface area contributed by atoms with Crippen LogP contribution in [0.3, 0.4) is 0 Å². The molecule has 8 nitrogen and oxygen atoms in total. The Morgan fingerprint density at radius 2 is 2.17 bits per heavy atom. The summed E-state index contributed by atoms with van der Waals surface area (Å²) in [4.78, 5) is 26.8. The first-order valence-corrected chi connectivity index (χ1v) is 9.64. The first-order valence-electron chi connectivity index (χ1n) is 9.64. The van der Waals surface area contributed by atoms with Crippen LogP contribution in [0.25, 0.3) is 11.4 Å². The summed E-state index contributed by atoms with van der Waals surface area (Å²) in [5.74, 6) is 2.10. The molecule has 0 spiro atoms. The fraction of sp³-hybridized carbons (Fsp3) is 0.286. The molecule has 0 radical (unpaired) electrons. The first-order chi connectivity index (χ1) is 14.2. The molecule has 1 atom stereocenters. The number of amides is 1. The van der Waals surface area contributed by atoms with Crippen LogP contribution in [-0.4, -0.2) is 46.8 Å². The van der Waals surface area contributed by atoms with Crippen LogP contribution in [-0.2, 0) is 11.2 Å². The Hall–Kier alpha value is -3.55. The molecule has 0 aliphatic carbocycles. The summed E-state index contributed by atoms with van der Waals surface area (Å²) in [6, 6.07) is 11.5. The van der Waals surface area contributed by atoms with Crippen molar-refractivity contribution in [2.45, 2.75) is 18.9 Å². The van der Waals surface area contributed by atoms with E-state index in [1.54, 1.807) is 6.20 Å². The van der Waals surface area contributed by atoms with E-state index in [0.717, 1.165) is 35.7 Å². The first kappa shape index (κ1) is 17.5. The van der Waals surface area contributed by atoms with E-state index in [1.165, 1.54) is 0 Å². The van der Waals surface area contributed by atoms with Gasteiger partial charge in [0, 0.05) is 31.5 Å². The molecular formula is C21H21N5O3. The van der Waals surface area contributed by atoms with Crippen molar-refractivity contribution in [2.24, 2.45) is 0 Å². The minimum atomic E-state index is -0.00299. The van der Waals surface area contributed by atoms with E-state index in [9.17, 15) is 4.79 Å². The Morgan fingerprint density at radius 1 is 1.24 bits per heavy atom. The van der Waals surface area contributed by atoms with E-state index in [1.807, 2.05) is 42.6 Å². The zero-order chi connectivity index (χ0) is 19.6. The third-order valence-corrected chi connectivity index (χ3v) is 5.15. The van der Waals surface area contributed by atoms with Crippen LogP contribution in [0.2, 0.25) is 0 Å². The van der Waals surface area contributed by atoms with Gasteiger partial charge in [-0.25, -0.2) is 9.97 Å². The third-order valence-electron chi connectivity index (χ3n) is 5.15. The number of nitrogens with zero attached hydrogens (tertiary/aromatic N) is 3. The van der Waals surface area contributed by atoms with Crippen LogP contribution in [0.1, 0.15) is 12.0 Å². The predicted molar refractivity (Wildman–Crippen MR) is 107 cm³/mol. The number of nitrogens with one attached hydrogen (secondary N) is 2. The number of rotatable bonds is 5. The van der Waals surface area contributed by atoms with Crippen molar-refractivity contribution >= 4 is 11.9 Å². The second kappa shape index (κ2) is 7.46. The maximum absolute atomic E-state index is 12.5. The Balaban J connectivity index is 1.19. The molecule has 2 aliphatic rings. The van der Waals surface area contributed by atoms with E-state index in [-0.39, 0.29) is 18.7 Å². The van der Waals surface area contributed by atoms with E-state index in [4.69, 9.17) is 9.47 Å². The van der Waals surface area contributed by atoms with Gasteiger partial charge >= 0.3 is 0 Å². The lowest BCUT2D eigenvalue weighted by molar-refractivity contribution is -0.121. The molecular weight excluding hydrogens is 370 g/mol. The van der Waals surface area contributed by atoms with Crippen molar-refractivity contribution in [3.63, 3.8) is 0 Å². The maximum atomic E-state index is 12.5. The number of anilines is 1. The van der Waals surface area contributed by atoms with E-state index in [2.05, 4.69) is 25.2 Å². The van der Waals surface area contributed by atoms with Gasteiger partial charge in [0.1, 0.15) is 0 Å². The number of hydrogen-bond donors (Lipinski definition) is 2. The number of benzene rings is 1. The second-order valence-electron chi connectivity index (χ2n) is 7.19. The maximum Gasteiger partial charge on any atom is 0.231 e. The quantitative estimate of drug-likeness (QED) is 0.692. The van der Waals surface area contributed by atoms with Crippen molar-refractivity contribution in [2.75, 3.05) is 24.8 Å². The summed E-state index contributed by atoms with van der Waals surface area (Å²) in [5, 5.41) is 3.12. The summed E-state index contributed by atoms with van der Waals surface area (Å²) in [6.07, 6.45) is 4.82. The summed E-state index contributed by atoms with van der Waals surface area (Å²) in [6.45, 7) is 1.74. The van der Waals surface area contributed by atoms with Crippen molar-refractivity contribution in [1.29, 1.82) is 0 Å². The third kappa shape index (κ3) is 3.73. The highest BCUT2D eigenvalue weighted by Crippen LogP contribution is 2.32. The largest absolute Gasteiger partial charge is 0.454 e. The number of carbonyl (C=O) groups excluding carboxylic acids is 1. The smallest absolute Gasteiger partial charge is 0.231 e. The molecule has 29 heavy (non-hydrogen) atoms. The number of ether oxygens (including phenoxy) is 2. The molecule has 4 heterocycles. The molecule has 1 fully saturated rings. The van der Waals surface area contributed by atoms with Crippen LogP contribution in [0.5, 0.6) is 11.5 Å². The Bertz CT molecular complexity index is 1020. The molecule has 1 aromatic carbocycles. The lowest BCUT2D eigenvalue weighted by Crippen LogP contribution is -2.38. The number of hydrogen-bond acceptors (Lipinski definition) is 6. The van der Waals surface area contributed by atoms with Crippen LogP contribution < -0.4 is 19.7 Å². The topological polar surface area (TPSA) is 92.4 Å². The van der Waals surface area contributed by atoms with Gasteiger partial charge in [-0.15, -0.1) is 0 Å². The average molecular weight is 391 g/mol. The summed E-state index contributed by atoms with van der Waals surface area (Å²) >= 11 is 0. The fourth-order valence-corrected chi connectivity index (χ4v) is 3.72. The van der Waals surface area contributed by atoms with Gasteiger partial charge in [0.15, 0.2) is 11.5 Å². The molecule has 1 saturated heterocycles. The number of aromatic nitrogens is 3. The molecule has 3 aromatic rings. The Labute approximate surface area is 167 Å². The van der Waals surface area contributed by atoms with Gasteiger partial charge < -0.3 is 24.7 Å². The van der Waals surface area contributed by atoms with Crippen LogP contribution in [0, 0.1) is 0 Å². The average Bonchev–Trinajstić information content (AvgIpc) is 3.49. The van der Waals surface area contributed by atoms with Gasteiger partial charge in [-0.1, -0.05) is 6.07 Å². The number of H-pyrrole nitrogens is 1. The summed E-state index contributed by atoms with van der Waals surface area (Å²) in [7, 11) is 0. The molecule has 5 rings (SSSR count). The molecule has 2 N–H and O–H groups in total. The highest BCUT2D eigenvalue weighted by Gasteiger charge is 2.26. The zero-order valence-electron chi connectivity index (χ0n) is 15.8. The van der Waals surface area contributed by atoms with Gasteiger partial charge in [-0.3, -0.25) is 4.79 Å². The highest BCUT2D eigenvalue weighted by molar-refractivity contribution is 5.79. The van der Waals surface area contributed by atoms with Crippen LogP contribution >= 0.6 is 0 Å². The fourth-order valence-electron chi connectivity index (χ4n) is 3.72. The van der Waals surface area contributed by atoms with Crippen molar-refractivity contribution in [3.05, 3.63) is 54.4 Å². The SMILES string of the molecule is O=C(Cc1ccc2c(c1)OCO2)NC1CCN(c2nccc(-c3ccc[nH]3)n2)C1. The number of fused-ring (bicyclic) bond motifs is 1. The van der Waals surface area contributed by atoms with E-state index >= 15 is 0 Å². The van der Waals surface area contributed by atoms with Gasteiger partial charge in [-0.2, -0.15) is 0 Å². The molecule has 0 bridgehead atoms. The minimum Gasteiger partial charge on any atom is -0.454 e. The minimum absolute atomic E-state index is 0.00299. The zero-order valence-corrected chi connectivity index (χ0v) is 15.8. The predicted octanol–water partition coefficient (Wildman–Crippen LogP) is 2.14. The highest BCUT2D eigenvalue weighted by atomic mass is 16.7. The van der Waals surface area contributed by atoms with Gasteiger partial charge in [0.2, 0.25) is 18.6 Å². The molecule has 2 aromatic heterocycles. The molecule has 0 saturated carbocycles. The standard InChI is InChI=1S/C21H21N5O3/c27-20(11-14-3-4-18-19(10-14)29-13-28-18)24-15-6-9-26(12-15)21-23-8-5-17(25-21)16-2-1-7-22-16/h1-5,7-8,10,15,22H,6,9,11-13H2,(H,24,27). The van der Waals surface area contributed by atoms with Crippen molar-refractivity contribution in [1.82, 2.24) is 20.3 Å². The van der Waals surface area contributed by atoms with E-state index in [0.29, 0.717) is 24.7 Å². The molecule has 148 valence electrons. The van der Waals surface area contributed by atoms with Gasteiger partial charge in [0.25, 0.3) is 0 Å². The van der Waals surface area contributed by atoms with E-state index < -0.39 is 0 Å². The molecule has 1 amide bonds.